The van der Waals surface area contributed by atoms with Gasteiger partial charge in [0.15, 0.2) is 11.6 Å². The van der Waals surface area contributed by atoms with Crippen molar-refractivity contribution in [1.29, 1.82) is 0 Å². The van der Waals surface area contributed by atoms with E-state index in [0.717, 1.165) is 12.8 Å². The zero-order valence-electron chi connectivity index (χ0n) is 12.2. The van der Waals surface area contributed by atoms with Gasteiger partial charge in [0.05, 0.1) is 0 Å². The van der Waals surface area contributed by atoms with Crippen molar-refractivity contribution in [3.63, 3.8) is 0 Å². The molecule has 2 nitrogen and oxygen atoms in total. The number of Topliss-reactive ketones (excluding diaryl/α,β-unsaturated/α-hetero) is 1. The van der Waals surface area contributed by atoms with E-state index in [1.54, 1.807) is 6.92 Å². The van der Waals surface area contributed by atoms with Gasteiger partial charge in [0.2, 0.25) is 0 Å². The quantitative estimate of drug-likeness (QED) is 0.549. The Labute approximate surface area is 115 Å². The molecule has 0 aromatic heterocycles. The lowest BCUT2D eigenvalue weighted by molar-refractivity contribution is -0.115. The van der Waals surface area contributed by atoms with E-state index >= 15 is 0 Å². The summed E-state index contributed by atoms with van der Waals surface area (Å²) in [6.45, 7) is 7.94. The van der Waals surface area contributed by atoms with E-state index in [1.807, 2.05) is 0 Å². The molecule has 0 saturated carbocycles. The Kier molecular flexibility index (Phi) is 5.68. The molecule has 0 aromatic carbocycles. The first kappa shape index (κ1) is 15.4. The number of hydrogen-bond acceptors (Lipinski definition) is 2. The summed E-state index contributed by atoms with van der Waals surface area (Å²) in [7, 11) is 0. The highest BCUT2D eigenvalue weighted by atomic mass is 16.1. The Hall–Kier alpha value is -1.70. The van der Waals surface area contributed by atoms with Crippen LogP contribution >= 0.6 is 0 Å². The molecule has 1 aliphatic carbocycles. The van der Waals surface area contributed by atoms with Gasteiger partial charge in [0, 0.05) is 11.1 Å². The Morgan fingerprint density at radius 3 is 2.42 bits per heavy atom. The van der Waals surface area contributed by atoms with Crippen LogP contribution in [0.25, 0.3) is 0 Å². The Balaban J connectivity index is 2.58. The number of rotatable bonds is 5. The van der Waals surface area contributed by atoms with Gasteiger partial charge in [-0.25, -0.2) is 0 Å². The van der Waals surface area contributed by atoms with Crippen molar-refractivity contribution in [2.75, 3.05) is 0 Å². The zero-order chi connectivity index (χ0) is 14.4. The van der Waals surface area contributed by atoms with Crippen molar-refractivity contribution < 1.29 is 9.59 Å². The highest BCUT2D eigenvalue weighted by Gasteiger charge is 2.17. The molecule has 0 aliphatic heterocycles. The molecule has 0 spiro atoms. The molecule has 0 radical (unpaired) electrons. The molecule has 1 aliphatic rings. The Morgan fingerprint density at radius 2 is 1.79 bits per heavy atom. The molecule has 0 fully saturated rings. The molecule has 0 heterocycles. The van der Waals surface area contributed by atoms with Crippen molar-refractivity contribution in [2.45, 2.75) is 47.0 Å². The van der Waals surface area contributed by atoms with Crippen LogP contribution in [-0.2, 0) is 9.59 Å². The molecule has 0 aromatic rings. The minimum absolute atomic E-state index is 0.00653. The average molecular weight is 258 g/mol. The highest BCUT2D eigenvalue weighted by molar-refractivity contribution is 6.20. The molecule has 0 N–H and O–H groups in total. The second-order valence-corrected chi connectivity index (χ2v) is 5.30. The van der Waals surface area contributed by atoms with Crippen molar-refractivity contribution in [2.24, 2.45) is 0 Å². The number of allylic oxidation sites excluding steroid dienone is 8. The second kappa shape index (κ2) is 7.03. The van der Waals surface area contributed by atoms with Crippen LogP contribution < -0.4 is 0 Å². The molecule has 102 valence electrons. The monoisotopic (exact) mass is 258 g/mol. The minimum Gasteiger partial charge on any atom is -0.290 e. The van der Waals surface area contributed by atoms with Crippen molar-refractivity contribution in [3.8, 4) is 0 Å². The lowest BCUT2D eigenvalue weighted by Gasteiger charge is -2.09. The van der Waals surface area contributed by atoms with E-state index in [9.17, 15) is 9.59 Å². The van der Waals surface area contributed by atoms with E-state index < -0.39 is 0 Å². The van der Waals surface area contributed by atoms with Crippen LogP contribution in [0, 0.1) is 0 Å². The summed E-state index contributed by atoms with van der Waals surface area (Å²) in [6.07, 6.45) is 9.68. The van der Waals surface area contributed by atoms with Gasteiger partial charge in [-0.05, 0) is 59.1 Å². The van der Waals surface area contributed by atoms with E-state index in [4.69, 9.17) is 0 Å². The predicted molar refractivity (Wildman–Crippen MR) is 78.9 cm³/mol. The lowest BCUT2D eigenvalue weighted by Crippen LogP contribution is -2.12. The summed E-state index contributed by atoms with van der Waals surface area (Å²) in [5, 5.41) is 0. The maximum absolute atomic E-state index is 11.9. The Morgan fingerprint density at radius 1 is 1.11 bits per heavy atom. The zero-order valence-corrected chi connectivity index (χ0v) is 12.2. The van der Waals surface area contributed by atoms with Crippen LogP contribution in [0.3, 0.4) is 0 Å². The van der Waals surface area contributed by atoms with Crippen molar-refractivity contribution in [3.05, 3.63) is 46.6 Å². The fourth-order valence-corrected chi connectivity index (χ4v) is 1.94. The van der Waals surface area contributed by atoms with E-state index in [0.29, 0.717) is 17.6 Å². The molecule has 2 heteroatoms. The first-order chi connectivity index (χ1) is 8.90. The third kappa shape index (κ3) is 5.21. The maximum Gasteiger partial charge on any atom is 0.185 e. The Bertz CT molecular complexity index is 495. The van der Waals surface area contributed by atoms with Crippen LogP contribution in [-0.4, -0.2) is 11.6 Å². The molecular weight excluding hydrogens is 236 g/mol. The van der Waals surface area contributed by atoms with E-state index in [2.05, 4.69) is 32.9 Å². The van der Waals surface area contributed by atoms with Gasteiger partial charge < -0.3 is 0 Å². The van der Waals surface area contributed by atoms with Crippen LogP contribution in [0.1, 0.15) is 47.0 Å². The van der Waals surface area contributed by atoms with Gasteiger partial charge in [0.25, 0.3) is 0 Å². The summed E-state index contributed by atoms with van der Waals surface area (Å²) < 4.78 is 0. The third-order valence-corrected chi connectivity index (χ3v) is 3.09. The molecular formula is C17H22O2. The number of carbonyl (C=O) groups excluding carboxylic acids is 2. The van der Waals surface area contributed by atoms with E-state index in [-0.39, 0.29) is 11.6 Å². The van der Waals surface area contributed by atoms with E-state index in [1.165, 1.54) is 23.3 Å². The van der Waals surface area contributed by atoms with Crippen LogP contribution in [0.15, 0.2) is 46.6 Å². The van der Waals surface area contributed by atoms with Crippen LogP contribution in [0.4, 0.5) is 0 Å². The largest absolute Gasteiger partial charge is 0.290 e. The highest BCUT2D eigenvalue weighted by Crippen LogP contribution is 2.18. The topological polar surface area (TPSA) is 34.1 Å². The average Bonchev–Trinajstić information content (AvgIpc) is 2.31. The van der Waals surface area contributed by atoms with Crippen LogP contribution in [0.2, 0.25) is 0 Å². The third-order valence-electron chi connectivity index (χ3n) is 3.09. The minimum atomic E-state index is -0.0808. The smallest absolute Gasteiger partial charge is 0.185 e. The normalized spacial score (nSPS) is 16.1. The molecule has 0 atom stereocenters. The molecule has 0 bridgehead atoms. The molecule has 19 heavy (non-hydrogen) atoms. The lowest BCUT2D eigenvalue weighted by atomic mass is 9.94. The number of carbonyl (C=O) groups is 2. The van der Waals surface area contributed by atoms with Gasteiger partial charge >= 0.3 is 0 Å². The van der Waals surface area contributed by atoms with Crippen molar-refractivity contribution in [1.82, 2.24) is 0 Å². The molecule has 0 amide bonds. The van der Waals surface area contributed by atoms with Crippen LogP contribution in [0.5, 0.6) is 0 Å². The second-order valence-electron chi connectivity index (χ2n) is 5.30. The predicted octanol–water partition coefficient (Wildman–Crippen LogP) is 4.09. The SMILES string of the molecule is CC(C)=CCC/C(C)=C/CC1=CC(=O)C=C(C)C1=O. The van der Waals surface area contributed by atoms with Gasteiger partial charge in [-0.1, -0.05) is 23.3 Å². The van der Waals surface area contributed by atoms with Gasteiger partial charge in [-0.15, -0.1) is 0 Å². The van der Waals surface area contributed by atoms with Gasteiger partial charge in [-0.3, -0.25) is 9.59 Å². The fourth-order valence-electron chi connectivity index (χ4n) is 1.94. The molecule has 0 unspecified atom stereocenters. The molecule has 0 saturated heterocycles. The summed E-state index contributed by atoms with van der Waals surface area (Å²) in [5.41, 5.74) is 3.72. The van der Waals surface area contributed by atoms with Crippen molar-refractivity contribution >= 4 is 11.6 Å². The van der Waals surface area contributed by atoms with Gasteiger partial charge in [-0.2, -0.15) is 0 Å². The summed E-state index contributed by atoms with van der Waals surface area (Å²) in [5.74, 6) is -0.0874. The molecule has 1 rings (SSSR count). The summed E-state index contributed by atoms with van der Waals surface area (Å²) >= 11 is 0. The number of hydrogen-bond donors (Lipinski definition) is 0. The van der Waals surface area contributed by atoms with Gasteiger partial charge in [0.1, 0.15) is 0 Å². The first-order valence-electron chi connectivity index (χ1n) is 6.66. The summed E-state index contributed by atoms with van der Waals surface area (Å²) in [4.78, 5) is 23.2. The first-order valence-corrected chi connectivity index (χ1v) is 6.66. The summed E-state index contributed by atoms with van der Waals surface area (Å²) in [6, 6.07) is 0. The standard InChI is InChI=1S/C17H22O2/c1-12(2)6-5-7-13(3)8-9-15-11-16(18)10-14(4)17(15)19/h6,8,10-11H,5,7,9H2,1-4H3/b13-8+. The maximum atomic E-state index is 11.9. The fraction of sp³-hybridized carbons (Fsp3) is 0.412. The number of ketones is 2.